The Morgan fingerprint density at radius 2 is 2.10 bits per heavy atom. The number of carbonyl (C=O) groups is 2. The van der Waals surface area contributed by atoms with Crippen LogP contribution in [0, 0.1) is 6.92 Å². The summed E-state index contributed by atoms with van der Waals surface area (Å²) in [7, 11) is 0. The fourth-order valence-corrected chi connectivity index (χ4v) is 2.54. The van der Waals surface area contributed by atoms with Crippen molar-refractivity contribution in [1.29, 1.82) is 0 Å². The molecular weight excluding hydrogens is 348 g/mol. The van der Waals surface area contributed by atoms with Crippen molar-refractivity contribution in [2.24, 2.45) is 0 Å². The molecule has 0 spiro atoms. The lowest BCUT2D eigenvalue weighted by atomic mass is 10.2. The minimum absolute atomic E-state index is 0.0188. The van der Waals surface area contributed by atoms with E-state index in [2.05, 4.69) is 21.2 Å². The number of β-amino-alcohol motifs (C(OH)–C–C–N with tert-alkyl or cyclic N) is 1. The van der Waals surface area contributed by atoms with E-state index in [9.17, 15) is 9.59 Å². The summed E-state index contributed by atoms with van der Waals surface area (Å²) in [4.78, 5) is 24.7. The number of hydrogen-bond acceptors (Lipinski definition) is 4. The lowest BCUT2D eigenvalue weighted by Crippen LogP contribution is -2.34. The smallest absolute Gasteiger partial charge is 0.277 e. The van der Waals surface area contributed by atoms with Gasteiger partial charge in [-0.2, -0.15) is 0 Å². The maximum atomic E-state index is 12.0. The maximum Gasteiger partial charge on any atom is 0.277 e. The predicted octanol–water partition coefficient (Wildman–Crippen LogP) is 2.07. The van der Waals surface area contributed by atoms with E-state index in [0.29, 0.717) is 10.7 Å². The molecule has 1 aliphatic heterocycles. The first-order chi connectivity index (χ1) is 9.45. The number of carbonyl (C=O) groups excluding carboxylic acids is 2. The molecule has 7 heteroatoms. The van der Waals surface area contributed by atoms with Gasteiger partial charge >= 0.3 is 0 Å². The molecule has 2 amide bonds. The summed E-state index contributed by atoms with van der Waals surface area (Å²) in [5.74, 6) is -0.905. The Morgan fingerprint density at radius 1 is 1.40 bits per heavy atom. The Hall–Kier alpha value is -1.37. The van der Waals surface area contributed by atoms with Gasteiger partial charge in [-0.25, -0.2) is 0 Å². The van der Waals surface area contributed by atoms with Crippen LogP contribution in [0.2, 0.25) is 5.02 Å². The number of nitrogens with one attached hydrogen (secondary N) is 1. The molecule has 0 radical (unpaired) electrons. The summed E-state index contributed by atoms with van der Waals surface area (Å²) >= 11 is 9.41. The molecule has 0 atom stereocenters. The molecule has 0 saturated heterocycles. The number of amides is 2. The van der Waals surface area contributed by atoms with Gasteiger partial charge in [-0.05, 0) is 40.5 Å². The molecule has 1 aromatic rings. The highest BCUT2D eigenvalue weighted by Gasteiger charge is 2.31. The lowest BCUT2D eigenvalue weighted by molar-refractivity contribution is -0.137. The molecule has 0 bridgehead atoms. The topological polar surface area (TPSA) is 69.6 Å². The van der Waals surface area contributed by atoms with Gasteiger partial charge < -0.3 is 10.4 Å². The number of rotatable bonds is 4. The molecule has 0 unspecified atom stereocenters. The van der Waals surface area contributed by atoms with Crippen LogP contribution in [0.3, 0.4) is 0 Å². The number of anilines is 1. The Bertz CT molecular complexity index is 616. The van der Waals surface area contributed by atoms with Crippen LogP contribution in [0.1, 0.15) is 5.56 Å². The molecule has 1 heterocycles. The fourth-order valence-electron chi connectivity index (χ4n) is 1.85. The van der Waals surface area contributed by atoms with Crippen molar-refractivity contribution in [1.82, 2.24) is 4.90 Å². The van der Waals surface area contributed by atoms with Gasteiger partial charge in [0.25, 0.3) is 11.8 Å². The van der Waals surface area contributed by atoms with Gasteiger partial charge in [0.1, 0.15) is 5.70 Å². The van der Waals surface area contributed by atoms with E-state index >= 15 is 0 Å². The highest BCUT2D eigenvalue weighted by atomic mass is 79.9. The van der Waals surface area contributed by atoms with Gasteiger partial charge in [0.05, 0.1) is 18.8 Å². The van der Waals surface area contributed by atoms with Crippen LogP contribution in [-0.4, -0.2) is 35.0 Å². The predicted molar refractivity (Wildman–Crippen MR) is 79.4 cm³/mol. The Labute approximate surface area is 129 Å². The highest BCUT2D eigenvalue weighted by Crippen LogP contribution is 2.33. The molecule has 0 aromatic heterocycles. The fraction of sp³-hybridized carbons (Fsp3) is 0.231. The Kier molecular flexibility index (Phi) is 4.47. The van der Waals surface area contributed by atoms with Crippen molar-refractivity contribution in [2.75, 3.05) is 18.5 Å². The van der Waals surface area contributed by atoms with Crippen molar-refractivity contribution >= 4 is 45.0 Å². The van der Waals surface area contributed by atoms with Crippen LogP contribution in [-0.2, 0) is 9.59 Å². The van der Waals surface area contributed by atoms with Crippen LogP contribution in [0.15, 0.2) is 28.4 Å². The van der Waals surface area contributed by atoms with E-state index in [1.807, 2.05) is 6.92 Å². The van der Waals surface area contributed by atoms with Crippen molar-refractivity contribution in [3.05, 3.63) is 39.0 Å². The average molecular weight is 360 g/mol. The molecule has 1 aliphatic rings. The van der Waals surface area contributed by atoms with Gasteiger partial charge in [-0.1, -0.05) is 11.6 Å². The molecule has 0 aliphatic carbocycles. The molecular formula is C13H12BrClN2O3. The lowest BCUT2D eigenvalue weighted by Gasteiger charge is -2.15. The molecule has 5 nitrogen and oxygen atoms in total. The summed E-state index contributed by atoms with van der Waals surface area (Å²) in [6.45, 7) is 1.52. The van der Waals surface area contributed by atoms with E-state index in [4.69, 9.17) is 16.7 Å². The van der Waals surface area contributed by atoms with Crippen molar-refractivity contribution in [3.63, 3.8) is 0 Å². The van der Waals surface area contributed by atoms with E-state index < -0.39 is 11.8 Å². The molecule has 2 N–H and O–H groups in total. The van der Waals surface area contributed by atoms with Crippen LogP contribution in [0.25, 0.3) is 0 Å². The first kappa shape index (κ1) is 15.0. The zero-order valence-electron chi connectivity index (χ0n) is 10.6. The van der Waals surface area contributed by atoms with Crippen molar-refractivity contribution in [2.45, 2.75) is 6.92 Å². The second-order valence-electron chi connectivity index (χ2n) is 4.23. The quantitative estimate of drug-likeness (QED) is 0.808. The maximum absolute atomic E-state index is 12.0. The molecule has 1 aromatic carbocycles. The van der Waals surface area contributed by atoms with Crippen LogP contribution in [0.5, 0.6) is 0 Å². The largest absolute Gasteiger partial charge is 0.395 e. The molecule has 20 heavy (non-hydrogen) atoms. The van der Waals surface area contributed by atoms with E-state index in [0.717, 1.165) is 14.9 Å². The first-order valence-corrected chi connectivity index (χ1v) is 7.02. The second kappa shape index (κ2) is 5.95. The number of aliphatic hydroxyl groups is 1. The second-order valence-corrected chi connectivity index (χ2v) is 5.49. The number of imide groups is 1. The van der Waals surface area contributed by atoms with E-state index in [1.54, 1.807) is 12.1 Å². The minimum atomic E-state index is -0.463. The summed E-state index contributed by atoms with van der Waals surface area (Å²) < 4.78 is 0.737. The summed E-state index contributed by atoms with van der Waals surface area (Å²) in [5, 5.41) is 12.3. The SMILES string of the molecule is Cc1c(Cl)ccc(Br)c1NC1=CC(=O)N(CCO)C1=O. The van der Waals surface area contributed by atoms with Gasteiger partial charge in [-0.15, -0.1) is 0 Å². The van der Waals surface area contributed by atoms with E-state index in [1.165, 1.54) is 6.08 Å². The van der Waals surface area contributed by atoms with Gasteiger partial charge in [0.2, 0.25) is 0 Å². The zero-order valence-corrected chi connectivity index (χ0v) is 13.0. The number of nitrogens with zero attached hydrogens (tertiary/aromatic N) is 1. The van der Waals surface area contributed by atoms with Crippen LogP contribution in [0.4, 0.5) is 5.69 Å². The molecule has 2 rings (SSSR count). The molecule has 106 valence electrons. The number of halogens is 2. The van der Waals surface area contributed by atoms with Gasteiger partial charge in [0, 0.05) is 15.6 Å². The average Bonchev–Trinajstić information content (AvgIpc) is 2.67. The van der Waals surface area contributed by atoms with Crippen LogP contribution >= 0.6 is 27.5 Å². The summed E-state index contributed by atoms with van der Waals surface area (Å²) in [6, 6.07) is 3.49. The third-order valence-electron chi connectivity index (χ3n) is 2.94. The first-order valence-electron chi connectivity index (χ1n) is 5.85. The van der Waals surface area contributed by atoms with Crippen LogP contribution < -0.4 is 5.32 Å². The van der Waals surface area contributed by atoms with Crippen molar-refractivity contribution in [3.8, 4) is 0 Å². The number of benzene rings is 1. The standard InChI is InChI=1S/C13H12BrClN2O3/c1-7-9(15)3-2-8(14)12(7)16-10-6-11(19)17(4-5-18)13(10)20/h2-3,6,16,18H,4-5H2,1H3. The molecule has 0 fully saturated rings. The Balaban J connectivity index is 2.28. The summed E-state index contributed by atoms with van der Waals surface area (Å²) in [5.41, 5.74) is 1.56. The highest BCUT2D eigenvalue weighted by molar-refractivity contribution is 9.10. The van der Waals surface area contributed by atoms with Crippen molar-refractivity contribution < 1.29 is 14.7 Å². The third kappa shape index (κ3) is 2.72. The van der Waals surface area contributed by atoms with Gasteiger partial charge in [-0.3, -0.25) is 14.5 Å². The summed E-state index contributed by atoms with van der Waals surface area (Å²) in [6.07, 6.45) is 1.21. The minimum Gasteiger partial charge on any atom is -0.395 e. The number of aliphatic hydroxyl groups excluding tert-OH is 1. The Morgan fingerprint density at radius 3 is 2.75 bits per heavy atom. The van der Waals surface area contributed by atoms with E-state index in [-0.39, 0.29) is 18.8 Å². The monoisotopic (exact) mass is 358 g/mol. The normalized spacial score (nSPS) is 14.8. The third-order valence-corrected chi connectivity index (χ3v) is 4.01. The zero-order chi connectivity index (χ0) is 14.9. The molecule has 0 saturated carbocycles. The van der Waals surface area contributed by atoms with Gasteiger partial charge in [0.15, 0.2) is 0 Å². The number of hydrogen-bond donors (Lipinski definition) is 2.